The zero-order chi connectivity index (χ0) is 11.1. The summed E-state index contributed by atoms with van der Waals surface area (Å²) in [5.41, 5.74) is 7.31. The summed E-state index contributed by atoms with van der Waals surface area (Å²) in [5, 5.41) is 0.347. The van der Waals surface area contributed by atoms with Gasteiger partial charge >= 0.3 is 0 Å². The maximum Gasteiger partial charge on any atom is 0.194 e. The van der Waals surface area contributed by atoms with E-state index >= 15 is 0 Å². The molecule has 0 aromatic carbocycles. The molecular weight excluding hydrogens is 226 g/mol. The Morgan fingerprint density at radius 3 is 2.81 bits per heavy atom. The number of halogens is 1. The molecule has 0 saturated carbocycles. The maximum absolute atomic E-state index is 5.82. The van der Waals surface area contributed by atoms with Crippen molar-refractivity contribution in [3.8, 4) is 11.5 Å². The highest BCUT2D eigenvalue weighted by molar-refractivity contribution is 6.28. The highest BCUT2D eigenvalue weighted by Crippen LogP contribution is 2.24. The van der Waals surface area contributed by atoms with Crippen LogP contribution in [0.5, 0.6) is 0 Å². The van der Waals surface area contributed by atoms with E-state index in [1.807, 2.05) is 24.4 Å². The minimum atomic E-state index is 0.347. The van der Waals surface area contributed by atoms with Crippen LogP contribution in [-0.4, -0.2) is 9.38 Å². The van der Waals surface area contributed by atoms with Crippen molar-refractivity contribution in [3.63, 3.8) is 0 Å². The second kappa shape index (κ2) is 3.28. The third kappa shape index (κ3) is 1.35. The van der Waals surface area contributed by atoms with E-state index in [1.165, 1.54) is 0 Å². The first-order valence-corrected chi connectivity index (χ1v) is 5.11. The summed E-state index contributed by atoms with van der Waals surface area (Å²) in [4.78, 5) is 4.39. The van der Waals surface area contributed by atoms with Crippen LogP contribution in [0.15, 0.2) is 40.9 Å². The number of nitrogen functional groups attached to an aromatic ring is 1. The molecule has 0 radical (unpaired) electrons. The van der Waals surface area contributed by atoms with Gasteiger partial charge in [0.05, 0.1) is 0 Å². The summed E-state index contributed by atoms with van der Waals surface area (Å²) in [7, 11) is 0. The standard InChI is InChI=1S/C11H8ClN3O/c12-9-5-4-8(16-9)7-6-15-10(13)2-1-3-11(15)14-7/h1-6H,13H2. The van der Waals surface area contributed by atoms with Gasteiger partial charge in [-0.3, -0.25) is 4.40 Å². The molecule has 4 nitrogen and oxygen atoms in total. The van der Waals surface area contributed by atoms with Crippen LogP contribution in [0.4, 0.5) is 5.82 Å². The fourth-order valence-corrected chi connectivity index (χ4v) is 1.75. The van der Waals surface area contributed by atoms with Crippen LogP contribution in [0.25, 0.3) is 17.1 Å². The van der Waals surface area contributed by atoms with E-state index in [1.54, 1.807) is 16.5 Å². The molecule has 3 rings (SSSR count). The van der Waals surface area contributed by atoms with Crippen molar-refractivity contribution in [3.05, 3.63) is 41.7 Å². The van der Waals surface area contributed by atoms with Gasteiger partial charge in [-0.1, -0.05) is 6.07 Å². The second-order valence-corrected chi connectivity index (χ2v) is 3.78. The van der Waals surface area contributed by atoms with Crippen LogP contribution in [0.3, 0.4) is 0 Å². The molecule has 0 spiro atoms. The number of nitrogens with two attached hydrogens (primary N) is 1. The second-order valence-electron chi connectivity index (χ2n) is 3.41. The van der Waals surface area contributed by atoms with Crippen LogP contribution >= 0.6 is 11.6 Å². The Labute approximate surface area is 96.3 Å². The van der Waals surface area contributed by atoms with Crippen LogP contribution in [0.1, 0.15) is 0 Å². The Balaban J connectivity index is 2.22. The van der Waals surface area contributed by atoms with Crippen LogP contribution in [-0.2, 0) is 0 Å². The number of imidazole rings is 1. The zero-order valence-electron chi connectivity index (χ0n) is 8.22. The summed E-state index contributed by atoms with van der Waals surface area (Å²) in [6, 6.07) is 9.01. The molecule has 0 unspecified atom stereocenters. The molecule has 3 heterocycles. The lowest BCUT2D eigenvalue weighted by Crippen LogP contribution is -1.93. The predicted molar refractivity (Wildman–Crippen MR) is 62.3 cm³/mol. The first-order chi connectivity index (χ1) is 7.74. The van der Waals surface area contributed by atoms with Crippen LogP contribution < -0.4 is 5.73 Å². The van der Waals surface area contributed by atoms with E-state index < -0.39 is 0 Å². The Hall–Kier alpha value is -1.94. The number of furan rings is 1. The monoisotopic (exact) mass is 233 g/mol. The summed E-state index contributed by atoms with van der Waals surface area (Å²) < 4.78 is 7.09. The SMILES string of the molecule is Nc1cccc2nc(-c3ccc(Cl)o3)cn12. The minimum absolute atomic E-state index is 0.347. The molecule has 3 aromatic rings. The number of nitrogens with zero attached hydrogens (tertiary/aromatic N) is 2. The Bertz CT molecular complexity index is 656. The van der Waals surface area contributed by atoms with Crippen molar-refractivity contribution in [1.29, 1.82) is 0 Å². The highest BCUT2D eigenvalue weighted by atomic mass is 35.5. The summed E-state index contributed by atoms with van der Waals surface area (Å²) in [6.07, 6.45) is 1.82. The molecule has 0 aliphatic heterocycles. The number of fused-ring (bicyclic) bond motifs is 1. The van der Waals surface area contributed by atoms with Gasteiger partial charge in [0.1, 0.15) is 17.2 Å². The van der Waals surface area contributed by atoms with Gasteiger partial charge in [0, 0.05) is 6.20 Å². The molecule has 0 atom stereocenters. The molecule has 0 bridgehead atoms. The van der Waals surface area contributed by atoms with Gasteiger partial charge < -0.3 is 10.2 Å². The highest BCUT2D eigenvalue weighted by Gasteiger charge is 2.09. The molecule has 2 N–H and O–H groups in total. The molecule has 0 saturated heterocycles. The van der Waals surface area contributed by atoms with E-state index in [0.29, 0.717) is 22.5 Å². The van der Waals surface area contributed by atoms with Gasteiger partial charge in [-0.25, -0.2) is 4.98 Å². The average molecular weight is 234 g/mol. The molecule has 5 heteroatoms. The first kappa shape index (κ1) is 9.30. The van der Waals surface area contributed by atoms with Gasteiger partial charge in [-0.05, 0) is 35.9 Å². The van der Waals surface area contributed by atoms with Crippen molar-refractivity contribution in [2.75, 3.05) is 5.73 Å². The maximum atomic E-state index is 5.82. The zero-order valence-corrected chi connectivity index (χ0v) is 8.98. The third-order valence-corrected chi connectivity index (χ3v) is 2.55. The van der Waals surface area contributed by atoms with Gasteiger partial charge in [-0.2, -0.15) is 0 Å². The lowest BCUT2D eigenvalue weighted by atomic mass is 10.4. The molecule has 0 aliphatic rings. The van der Waals surface area contributed by atoms with Crippen molar-refractivity contribution < 1.29 is 4.42 Å². The lowest BCUT2D eigenvalue weighted by molar-refractivity contribution is 0.582. The lowest BCUT2D eigenvalue weighted by Gasteiger charge is -1.95. The average Bonchev–Trinajstić information content (AvgIpc) is 2.84. The van der Waals surface area contributed by atoms with E-state index in [4.69, 9.17) is 21.8 Å². The Kier molecular flexibility index (Phi) is 1.91. The van der Waals surface area contributed by atoms with Gasteiger partial charge in [0.25, 0.3) is 0 Å². The number of rotatable bonds is 1. The molecule has 0 fully saturated rings. The number of hydrogen-bond acceptors (Lipinski definition) is 3. The molecule has 0 aliphatic carbocycles. The van der Waals surface area contributed by atoms with E-state index in [-0.39, 0.29) is 0 Å². The largest absolute Gasteiger partial charge is 0.443 e. The molecule has 80 valence electrons. The smallest absolute Gasteiger partial charge is 0.194 e. The molecule has 0 amide bonds. The topological polar surface area (TPSA) is 56.5 Å². The van der Waals surface area contributed by atoms with Gasteiger partial charge in [0.2, 0.25) is 0 Å². The van der Waals surface area contributed by atoms with Crippen molar-refractivity contribution in [1.82, 2.24) is 9.38 Å². The van der Waals surface area contributed by atoms with Crippen molar-refractivity contribution >= 4 is 23.1 Å². The van der Waals surface area contributed by atoms with E-state index in [2.05, 4.69) is 4.98 Å². The third-order valence-electron chi connectivity index (χ3n) is 2.35. The number of pyridine rings is 1. The van der Waals surface area contributed by atoms with E-state index in [0.717, 1.165) is 5.65 Å². The Morgan fingerprint density at radius 2 is 2.12 bits per heavy atom. The fraction of sp³-hybridized carbons (Fsp3) is 0. The molecule has 3 aromatic heterocycles. The van der Waals surface area contributed by atoms with Crippen LogP contribution in [0, 0.1) is 0 Å². The summed E-state index contributed by atoms with van der Waals surface area (Å²) >= 11 is 5.71. The normalized spacial score (nSPS) is 11.1. The number of hydrogen-bond donors (Lipinski definition) is 1. The van der Waals surface area contributed by atoms with Gasteiger partial charge in [0.15, 0.2) is 11.0 Å². The number of anilines is 1. The summed E-state index contributed by atoms with van der Waals surface area (Å²) in [6.45, 7) is 0. The van der Waals surface area contributed by atoms with Crippen molar-refractivity contribution in [2.24, 2.45) is 0 Å². The van der Waals surface area contributed by atoms with E-state index in [9.17, 15) is 0 Å². The predicted octanol–water partition coefficient (Wildman–Crippen LogP) is 2.83. The first-order valence-electron chi connectivity index (χ1n) is 4.73. The quantitative estimate of drug-likeness (QED) is 0.703. The van der Waals surface area contributed by atoms with Crippen LogP contribution in [0.2, 0.25) is 5.22 Å². The molecular formula is C11H8ClN3O. The summed E-state index contributed by atoms with van der Waals surface area (Å²) in [5.74, 6) is 1.27. The van der Waals surface area contributed by atoms with Crippen molar-refractivity contribution in [2.45, 2.75) is 0 Å². The Morgan fingerprint density at radius 1 is 1.25 bits per heavy atom. The van der Waals surface area contributed by atoms with Gasteiger partial charge in [-0.15, -0.1) is 0 Å². The fourth-order valence-electron chi connectivity index (χ4n) is 1.60. The minimum Gasteiger partial charge on any atom is -0.443 e. The molecule has 16 heavy (non-hydrogen) atoms. The number of aromatic nitrogens is 2.